The molecule has 4 nitrogen and oxygen atoms in total. The molecule has 2 N–H and O–H groups in total. The minimum absolute atomic E-state index is 0. The number of carbonyl (C=O) groups excluding carboxylic acids is 1. The fraction of sp³-hybridized carbons (Fsp3) is 0.692. The standard InChI is InChI=1S/C13H21N3OS.2ClH/c1-8(2)4-11-16-9(3)12(18-11)13(17)15-7-10-5-14-6-10;;/h8,10,14H,4-7H2,1-3H3,(H,15,17);2*1H. The number of aromatic nitrogens is 1. The number of halogens is 2. The number of carbonyl (C=O) groups is 1. The van der Waals surface area contributed by atoms with Crippen LogP contribution in [0.15, 0.2) is 0 Å². The van der Waals surface area contributed by atoms with Gasteiger partial charge >= 0.3 is 0 Å². The van der Waals surface area contributed by atoms with Crippen LogP contribution in [0.2, 0.25) is 0 Å². The maximum Gasteiger partial charge on any atom is 0.263 e. The first kappa shape index (κ1) is 19.6. The van der Waals surface area contributed by atoms with Crippen molar-refractivity contribution in [3.63, 3.8) is 0 Å². The Labute approximate surface area is 137 Å². The third-order valence-corrected chi connectivity index (χ3v) is 4.23. The molecule has 116 valence electrons. The lowest BCUT2D eigenvalue weighted by molar-refractivity contribution is 0.0945. The molecule has 1 aliphatic heterocycles. The second-order valence-corrected chi connectivity index (χ2v) is 6.44. The van der Waals surface area contributed by atoms with Crippen molar-refractivity contribution in [2.24, 2.45) is 11.8 Å². The zero-order valence-electron chi connectivity index (χ0n) is 12.1. The molecule has 20 heavy (non-hydrogen) atoms. The quantitative estimate of drug-likeness (QED) is 0.866. The molecule has 0 spiro atoms. The van der Waals surface area contributed by atoms with Crippen LogP contribution in [0.25, 0.3) is 0 Å². The first-order chi connectivity index (χ1) is 8.56. The summed E-state index contributed by atoms with van der Waals surface area (Å²) < 4.78 is 0. The average Bonchev–Trinajstić information content (AvgIpc) is 2.55. The molecule has 1 amide bonds. The molecule has 7 heteroatoms. The molecule has 0 atom stereocenters. The summed E-state index contributed by atoms with van der Waals surface area (Å²) >= 11 is 1.53. The Morgan fingerprint density at radius 3 is 2.60 bits per heavy atom. The lowest BCUT2D eigenvalue weighted by atomic mass is 10.0. The molecule has 0 aliphatic carbocycles. The lowest BCUT2D eigenvalue weighted by Crippen LogP contribution is -2.48. The SMILES string of the molecule is Cc1nc(CC(C)C)sc1C(=O)NCC1CNC1.Cl.Cl. The summed E-state index contributed by atoms with van der Waals surface area (Å²) in [6.45, 7) is 9.05. The van der Waals surface area contributed by atoms with Crippen LogP contribution in [0, 0.1) is 18.8 Å². The minimum Gasteiger partial charge on any atom is -0.351 e. The fourth-order valence-electron chi connectivity index (χ4n) is 1.91. The Morgan fingerprint density at radius 1 is 1.45 bits per heavy atom. The van der Waals surface area contributed by atoms with Crippen LogP contribution in [0.1, 0.15) is 34.2 Å². The van der Waals surface area contributed by atoms with Gasteiger partial charge in [-0.3, -0.25) is 4.79 Å². The van der Waals surface area contributed by atoms with Gasteiger partial charge in [0.15, 0.2) is 0 Å². The van der Waals surface area contributed by atoms with Gasteiger partial charge in [-0.15, -0.1) is 36.2 Å². The molecule has 0 radical (unpaired) electrons. The maximum atomic E-state index is 12.0. The van der Waals surface area contributed by atoms with Gasteiger partial charge in [0.2, 0.25) is 0 Å². The van der Waals surface area contributed by atoms with Gasteiger partial charge in [0.1, 0.15) is 4.88 Å². The number of nitrogens with zero attached hydrogens (tertiary/aromatic N) is 1. The summed E-state index contributed by atoms with van der Waals surface area (Å²) in [5, 5.41) is 7.27. The van der Waals surface area contributed by atoms with E-state index in [2.05, 4.69) is 29.5 Å². The number of aryl methyl sites for hydroxylation is 1. The molecule has 0 saturated carbocycles. The zero-order valence-corrected chi connectivity index (χ0v) is 14.5. The van der Waals surface area contributed by atoms with E-state index in [1.54, 1.807) is 0 Å². The van der Waals surface area contributed by atoms with Crippen molar-refractivity contribution in [2.75, 3.05) is 19.6 Å². The second kappa shape index (κ2) is 8.82. The van der Waals surface area contributed by atoms with Gasteiger partial charge in [0, 0.05) is 32.0 Å². The minimum atomic E-state index is 0. The van der Waals surface area contributed by atoms with E-state index < -0.39 is 0 Å². The van der Waals surface area contributed by atoms with E-state index in [4.69, 9.17) is 0 Å². The molecule has 1 saturated heterocycles. The highest BCUT2D eigenvalue weighted by Crippen LogP contribution is 2.20. The average molecular weight is 340 g/mol. The van der Waals surface area contributed by atoms with Crippen molar-refractivity contribution in [3.8, 4) is 0 Å². The fourth-order valence-corrected chi connectivity index (χ4v) is 3.10. The third kappa shape index (κ3) is 5.20. The van der Waals surface area contributed by atoms with E-state index in [-0.39, 0.29) is 30.7 Å². The van der Waals surface area contributed by atoms with Crippen LogP contribution < -0.4 is 10.6 Å². The topological polar surface area (TPSA) is 54.0 Å². The van der Waals surface area contributed by atoms with Gasteiger partial charge < -0.3 is 10.6 Å². The third-order valence-electron chi connectivity index (χ3n) is 3.05. The van der Waals surface area contributed by atoms with E-state index in [9.17, 15) is 4.79 Å². The maximum absolute atomic E-state index is 12.0. The van der Waals surface area contributed by atoms with Crippen molar-refractivity contribution in [2.45, 2.75) is 27.2 Å². The van der Waals surface area contributed by atoms with Crippen LogP contribution in [-0.4, -0.2) is 30.5 Å². The summed E-state index contributed by atoms with van der Waals surface area (Å²) in [4.78, 5) is 17.3. The molecule has 0 bridgehead atoms. The number of thiazole rings is 1. The van der Waals surface area contributed by atoms with E-state index in [1.807, 2.05) is 6.92 Å². The number of hydrogen-bond acceptors (Lipinski definition) is 4. The summed E-state index contributed by atoms with van der Waals surface area (Å²) in [7, 11) is 0. The molecular weight excluding hydrogens is 317 g/mol. The largest absolute Gasteiger partial charge is 0.351 e. The van der Waals surface area contributed by atoms with Crippen molar-refractivity contribution in [1.82, 2.24) is 15.6 Å². The predicted octanol–water partition coefficient (Wildman–Crippen LogP) is 2.44. The monoisotopic (exact) mass is 339 g/mol. The number of nitrogens with one attached hydrogen (secondary N) is 2. The molecule has 1 aliphatic rings. The summed E-state index contributed by atoms with van der Waals surface area (Å²) in [5.41, 5.74) is 0.861. The molecule has 0 aromatic carbocycles. The van der Waals surface area contributed by atoms with Crippen LogP contribution in [0.3, 0.4) is 0 Å². The van der Waals surface area contributed by atoms with Crippen molar-refractivity contribution in [1.29, 1.82) is 0 Å². The number of hydrogen-bond donors (Lipinski definition) is 2. The summed E-state index contributed by atoms with van der Waals surface area (Å²) in [5.74, 6) is 1.21. The van der Waals surface area contributed by atoms with E-state index >= 15 is 0 Å². The summed E-state index contributed by atoms with van der Waals surface area (Å²) in [6.07, 6.45) is 0.950. The Balaban J connectivity index is 0.00000180. The lowest BCUT2D eigenvalue weighted by Gasteiger charge is -2.26. The van der Waals surface area contributed by atoms with Crippen molar-refractivity contribution >= 4 is 42.1 Å². The van der Waals surface area contributed by atoms with Crippen LogP contribution in [0.4, 0.5) is 0 Å². The Morgan fingerprint density at radius 2 is 2.10 bits per heavy atom. The van der Waals surface area contributed by atoms with Gasteiger partial charge in [-0.2, -0.15) is 0 Å². The van der Waals surface area contributed by atoms with E-state index in [0.29, 0.717) is 11.8 Å². The predicted molar refractivity (Wildman–Crippen MR) is 88.6 cm³/mol. The molecule has 1 fully saturated rings. The summed E-state index contributed by atoms with van der Waals surface area (Å²) in [6, 6.07) is 0. The number of amides is 1. The smallest absolute Gasteiger partial charge is 0.263 e. The van der Waals surface area contributed by atoms with Gasteiger partial charge in [-0.1, -0.05) is 13.8 Å². The highest BCUT2D eigenvalue weighted by molar-refractivity contribution is 7.13. The molecule has 2 heterocycles. The van der Waals surface area contributed by atoms with Gasteiger partial charge in [-0.05, 0) is 12.8 Å². The van der Waals surface area contributed by atoms with Crippen molar-refractivity contribution < 1.29 is 4.79 Å². The first-order valence-electron chi connectivity index (χ1n) is 6.51. The normalized spacial score (nSPS) is 14.2. The molecule has 1 aromatic rings. The number of rotatable bonds is 5. The molecule has 2 rings (SSSR count). The molecule has 1 aromatic heterocycles. The zero-order chi connectivity index (χ0) is 13.1. The van der Waals surface area contributed by atoms with Gasteiger partial charge in [0.25, 0.3) is 5.91 Å². The first-order valence-corrected chi connectivity index (χ1v) is 7.33. The van der Waals surface area contributed by atoms with Gasteiger partial charge in [0.05, 0.1) is 10.7 Å². The Bertz CT molecular complexity index is 433. The van der Waals surface area contributed by atoms with Crippen LogP contribution in [-0.2, 0) is 6.42 Å². The van der Waals surface area contributed by atoms with E-state index in [1.165, 1.54) is 11.3 Å². The van der Waals surface area contributed by atoms with E-state index in [0.717, 1.165) is 41.6 Å². The van der Waals surface area contributed by atoms with Crippen LogP contribution >= 0.6 is 36.2 Å². The molecular formula is C13H23Cl2N3OS. The second-order valence-electron chi connectivity index (χ2n) is 5.35. The van der Waals surface area contributed by atoms with Crippen LogP contribution in [0.5, 0.6) is 0 Å². The highest BCUT2D eigenvalue weighted by Gasteiger charge is 2.20. The highest BCUT2D eigenvalue weighted by atomic mass is 35.5. The molecule has 0 unspecified atom stereocenters. The Kier molecular flexibility index (Phi) is 8.66. The van der Waals surface area contributed by atoms with Gasteiger partial charge in [-0.25, -0.2) is 4.98 Å². The van der Waals surface area contributed by atoms with Crippen molar-refractivity contribution in [3.05, 3.63) is 15.6 Å². The Hall–Kier alpha value is -0.360.